The molecule has 31 heavy (non-hydrogen) atoms. The highest BCUT2D eigenvalue weighted by Gasteiger charge is 2.40. The van der Waals surface area contributed by atoms with Crippen LogP contribution in [-0.4, -0.2) is 29.2 Å². The van der Waals surface area contributed by atoms with Gasteiger partial charge in [0.15, 0.2) is 16.6 Å². The lowest BCUT2D eigenvalue weighted by Crippen LogP contribution is -2.39. The average molecular weight is 462 g/mol. The van der Waals surface area contributed by atoms with Crippen molar-refractivity contribution in [3.63, 3.8) is 0 Å². The second-order valence-corrected chi connectivity index (χ2v) is 8.66. The number of hydrogen-bond acceptors (Lipinski definition) is 8. The summed E-state index contributed by atoms with van der Waals surface area (Å²) < 4.78 is 24.4. The molecule has 1 aliphatic rings. The topological polar surface area (TPSA) is 94.3 Å². The number of nitrogens with zero attached hydrogens (tertiary/aromatic N) is 2. The molecule has 0 amide bonds. The number of hydrogen-bond donors (Lipinski definition) is 3. The highest BCUT2D eigenvalue weighted by molar-refractivity contribution is 8.01. The number of rotatable bonds is 7. The third-order valence-corrected chi connectivity index (χ3v) is 6.59. The van der Waals surface area contributed by atoms with E-state index in [-0.39, 0.29) is 5.82 Å². The molecule has 0 saturated heterocycles. The molecule has 0 aliphatic carbocycles. The van der Waals surface area contributed by atoms with Crippen LogP contribution in [0.4, 0.5) is 21.7 Å². The van der Waals surface area contributed by atoms with Gasteiger partial charge in [0, 0.05) is 11.4 Å². The number of nitrogen functional groups attached to an aromatic ring is 1. The van der Waals surface area contributed by atoms with Crippen LogP contribution in [0.3, 0.4) is 0 Å². The van der Waals surface area contributed by atoms with Crippen molar-refractivity contribution in [2.24, 2.45) is 0 Å². The molecule has 4 N–H and O–H groups in total. The van der Waals surface area contributed by atoms with Crippen molar-refractivity contribution in [3.05, 3.63) is 59.1 Å². The standard InChI is InChI=1S/C21H21ClFN5O2S/c1-29-14-5-6-16(30-2)17(10-14)31-21(8-7-12-3-4-13(23)9-15(12)22)27-18-19(24)25-11-26-20(18)28-21/h3-6,9-11,27H,7-8H2,1-2H3,(H3,24,25,26,28). The predicted molar refractivity (Wildman–Crippen MR) is 122 cm³/mol. The number of fused-ring (bicyclic) bond motifs is 1. The number of benzene rings is 2. The van der Waals surface area contributed by atoms with Crippen molar-refractivity contribution in [2.45, 2.75) is 22.7 Å². The van der Waals surface area contributed by atoms with Crippen LogP contribution < -0.4 is 25.8 Å². The minimum atomic E-state index is -0.732. The van der Waals surface area contributed by atoms with Crippen LogP contribution in [0.25, 0.3) is 0 Å². The molecule has 0 radical (unpaired) electrons. The molecule has 1 aliphatic heterocycles. The number of methoxy groups -OCH3 is 2. The molecule has 0 bridgehead atoms. The van der Waals surface area contributed by atoms with E-state index in [1.54, 1.807) is 20.3 Å². The van der Waals surface area contributed by atoms with E-state index in [9.17, 15) is 4.39 Å². The smallest absolute Gasteiger partial charge is 0.163 e. The Labute approximate surface area is 188 Å². The maximum absolute atomic E-state index is 13.5. The molecule has 7 nitrogen and oxygen atoms in total. The Balaban J connectivity index is 1.68. The molecule has 162 valence electrons. The molecule has 0 fully saturated rings. The van der Waals surface area contributed by atoms with Crippen molar-refractivity contribution in [3.8, 4) is 11.5 Å². The lowest BCUT2D eigenvalue weighted by molar-refractivity contribution is 0.394. The molecule has 1 aromatic heterocycles. The normalized spacial score (nSPS) is 16.9. The fourth-order valence-electron chi connectivity index (χ4n) is 3.36. The highest BCUT2D eigenvalue weighted by Crippen LogP contribution is 2.48. The zero-order chi connectivity index (χ0) is 22.0. The van der Waals surface area contributed by atoms with E-state index in [0.717, 1.165) is 10.5 Å². The number of anilines is 3. The summed E-state index contributed by atoms with van der Waals surface area (Å²) in [4.78, 5) is 8.50. The number of thioether (sulfide) groups is 1. The molecule has 2 heterocycles. The lowest BCUT2D eigenvalue weighted by Gasteiger charge is -2.31. The number of aryl methyl sites for hydroxylation is 1. The maximum Gasteiger partial charge on any atom is 0.163 e. The van der Waals surface area contributed by atoms with Crippen LogP contribution in [0.5, 0.6) is 11.5 Å². The van der Waals surface area contributed by atoms with Gasteiger partial charge in [0.2, 0.25) is 0 Å². The minimum absolute atomic E-state index is 0.345. The molecule has 0 spiro atoms. The fourth-order valence-corrected chi connectivity index (χ4v) is 4.92. The highest BCUT2D eigenvalue weighted by atomic mass is 35.5. The number of nitrogens with one attached hydrogen (secondary N) is 2. The third kappa shape index (κ3) is 4.42. The molecular weight excluding hydrogens is 441 g/mol. The Bertz CT molecular complexity index is 1120. The third-order valence-electron chi connectivity index (χ3n) is 4.94. The van der Waals surface area contributed by atoms with E-state index >= 15 is 0 Å². The Morgan fingerprint density at radius 1 is 1.13 bits per heavy atom. The fraction of sp³-hybridized carbons (Fsp3) is 0.238. The molecular formula is C21H21ClFN5O2S. The molecule has 2 aromatic carbocycles. The predicted octanol–water partition coefficient (Wildman–Crippen LogP) is 4.78. The van der Waals surface area contributed by atoms with Crippen LogP contribution in [0.1, 0.15) is 12.0 Å². The summed E-state index contributed by atoms with van der Waals surface area (Å²) in [6.07, 6.45) is 2.55. The Hall–Kier alpha value is -2.91. The summed E-state index contributed by atoms with van der Waals surface area (Å²) >= 11 is 7.76. The minimum Gasteiger partial charge on any atom is -0.497 e. The van der Waals surface area contributed by atoms with Crippen molar-refractivity contribution < 1.29 is 13.9 Å². The zero-order valence-corrected chi connectivity index (χ0v) is 18.5. The van der Waals surface area contributed by atoms with Gasteiger partial charge in [0.05, 0.1) is 19.1 Å². The second kappa shape index (κ2) is 8.68. The molecule has 3 aromatic rings. The average Bonchev–Trinajstić information content (AvgIpc) is 3.13. The van der Waals surface area contributed by atoms with E-state index in [1.807, 2.05) is 18.2 Å². The van der Waals surface area contributed by atoms with Gasteiger partial charge in [0.1, 0.15) is 29.3 Å². The van der Waals surface area contributed by atoms with Gasteiger partial charge in [-0.1, -0.05) is 29.4 Å². The quantitative estimate of drug-likeness (QED) is 0.462. The summed E-state index contributed by atoms with van der Waals surface area (Å²) in [5.74, 6) is 1.98. The Morgan fingerprint density at radius 3 is 2.68 bits per heavy atom. The van der Waals surface area contributed by atoms with Crippen molar-refractivity contribution in [2.75, 3.05) is 30.6 Å². The molecule has 0 saturated carbocycles. The molecule has 10 heteroatoms. The van der Waals surface area contributed by atoms with Crippen LogP contribution in [-0.2, 0) is 6.42 Å². The summed E-state index contributed by atoms with van der Waals surface area (Å²) in [7, 11) is 3.23. The number of ether oxygens (including phenoxy) is 2. The number of aromatic nitrogens is 2. The van der Waals surface area contributed by atoms with Gasteiger partial charge in [-0.2, -0.15) is 0 Å². The molecule has 1 unspecified atom stereocenters. The largest absolute Gasteiger partial charge is 0.497 e. The van der Waals surface area contributed by atoms with E-state index in [2.05, 4.69) is 20.6 Å². The summed E-state index contributed by atoms with van der Waals surface area (Å²) in [6, 6.07) is 9.99. The molecule has 4 rings (SSSR count). The Kier molecular flexibility index (Phi) is 5.97. The second-order valence-electron chi connectivity index (χ2n) is 6.91. The number of halogens is 2. The number of nitrogens with two attached hydrogens (primary N) is 1. The summed E-state index contributed by atoms with van der Waals surface area (Å²) in [5.41, 5.74) is 7.53. The van der Waals surface area contributed by atoms with Crippen LogP contribution >= 0.6 is 23.4 Å². The van der Waals surface area contributed by atoms with Crippen molar-refractivity contribution in [1.29, 1.82) is 0 Å². The maximum atomic E-state index is 13.5. The van der Waals surface area contributed by atoms with E-state index in [4.69, 9.17) is 26.8 Å². The van der Waals surface area contributed by atoms with Crippen LogP contribution in [0, 0.1) is 5.82 Å². The van der Waals surface area contributed by atoms with Crippen molar-refractivity contribution in [1.82, 2.24) is 9.97 Å². The first-order valence-corrected chi connectivity index (χ1v) is 10.6. The first kappa shape index (κ1) is 21.3. The summed E-state index contributed by atoms with van der Waals surface area (Å²) in [6.45, 7) is 0. The van der Waals surface area contributed by atoms with Crippen molar-refractivity contribution >= 4 is 40.7 Å². The van der Waals surface area contributed by atoms with E-state index in [1.165, 1.54) is 30.2 Å². The molecule has 1 atom stereocenters. The zero-order valence-electron chi connectivity index (χ0n) is 16.9. The van der Waals surface area contributed by atoms with E-state index < -0.39 is 4.99 Å². The lowest BCUT2D eigenvalue weighted by atomic mass is 10.1. The van der Waals surface area contributed by atoms with Crippen LogP contribution in [0.15, 0.2) is 47.6 Å². The monoisotopic (exact) mass is 461 g/mol. The van der Waals surface area contributed by atoms with Crippen LogP contribution in [0.2, 0.25) is 5.02 Å². The van der Waals surface area contributed by atoms with Gasteiger partial charge >= 0.3 is 0 Å². The van der Waals surface area contributed by atoms with Gasteiger partial charge in [-0.25, -0.2) is 14.4 Å². The Morgan fingerprint density at radius 2 is 1.97 bits per heavy atom. The van der Waals surface area contributed by atoms with Gasteiger partial charge in [-0.05, 0) is 42.3 Å². The van der Waals surface area contributed by atoms with E-state index in [0.29, 0.717) is 46.7 Å². The SMILES string of the molecule is COc1ccc(OC)c(SC2(CCc3ccc(F)cc3Cl)Nc3ncnc(N)c3N2)c1. The first-order chi connectivity index (χ1) is 14.9. The van der Waals surface area contributed by atoms with Gasteiger partial charge in [-0.3, -0.25) is 0 Å². The van der Waals surface area contributed by atoms with Gasteiger partial charge in [-0.15, -0.1) is 0 Å². The summed E-state index contributed by atoms with van der Waals surface area (Å²) in [5, 5.41) is 7.26. The van der Waals surface area contributed by atoms with Gasteiger partial charge in [0.25, 0.3) is 0 Å². The first-order valence-electron chi connectivity index (χ1n) is 9.45. The van der Waals surface area contributed by atoms with Gasteiger partial charge < -0.3 is 25.8 Å².